The molecule has 1 aromatic carbocycles. The van der Waals surface area contributed by atoms with Crippen LogP contribution >= 0.6 is 0 Å². The molecule has 144 valence electrons. The Morgan fingerprint density at radius 1 is 1.22 bits per heavy atom. The highest BCUT2D eigenvalue weighted by Gasteiger charge is 2.35. The summed E-state index contributed by atoms with van der Waals surface area (Å²) in [5, 5.41) is 11.5. The Morgan fingerprint density at radius 3 is 2.70 bits per heavy atom. The van der Waals surface area contributed by atoms with Crippen LogP contribution in [-0.2, 0) is 6.42 Å². The maximum atomic E-state index is 12.9. The number of carbonyl (C=O) groups excluding carboxylic acids is 1. The van der Waals surface area contributed by atoms with Crippen LogP contribution in [0, 0.1) is 0 Å². The zero-order valence-corrected chi connectivity index (χ0v) is 16.0. The standard InChI is InChI=1S/C20H28N6O/c1-25(2)18-11-13-5-3-4-6-16(13)19(18)22-20(27)17-12-26(24-23-17)15-9-7-14(21)8-10-15/h3-6,12,14-15,18-19H,7-11,21H2,1-2H3,(H,22,27)/t14?,15?,18-,19-/m1/s1. The fourth-order valence-electron chi connectivity index (χ4n) is 4.37. The quantitative estimate of drug-likeness (QED) is 0.857. The molecule has 1 fully saturated rings. The van der Waals surface area contributed by atoms with Gasteiger partial charge in [-0.2, -0.15) is 0 Å². The van der Waals surface area contributed by atoms with E-state index in [1.807, 2.05) is 10.7 Å². The largest absolute Gasteiger partial charge is 0.342 e. The first-order chi connectivity index (χ1) is 13.0. The lowest BCUT2D eigenvalue weighted by Gasteiger charge is -2.27. The van der Waals surface area contributed by atoms with Gasteiger partial charge >= 0.3 is 0 Å². The second kappa shape index (κ2) is 7.40. The highest BCUT2D eigenvalue weighted by Crippen LogP contribution is 2.34. The number of rotatable bonds is 4. The SMILES string of the molecule is CN(C)[C@@H]1Cc2ccccc2[C@H]1NC(=O)c1cn(C2CCC(N)CC2)nn1. The van der Waals surface area contributed by atoms with Gasteiger partial charge in [0.2, 0.25) is 0 Å². The van der Waals surface area contributed by atoms with Gasteiger partial charge in [-0.25, -0.2) is 4.68 Å². The molecule has 2 aliphatic rings. The summed E-state index contributed by atoms with van der Waals surface area (Å²) in [5.74, 6) is -0.165. The fraction of sp³-hybridized carbons (Fsp3) is 0.550. The van der Waals surface area contributed by atoms with Crippen molar-refractivity contribution in [3.05, 3.63) is 47.3 Å². The van der Waals surface area contributed by atoms with Crippen molar-refractivity contribution in [2.45, 2.75) is 56.3 Å². The van der Waals surface area contributed by atoms with Gasteiger partial charge in [0.25, 0.3) is 5.91 Å². The van der Waals surface area contributed by atoms with E-state index in [1.165, 1.54) is 11.1 Å². The topological polar surface area (TPSA) is 89.1 Å². The van der Waals surface area contributed by atoms with Crippen molar-refractivity contribution in [2.75, 3.05) is 14.1 Å². The van der Waals surface area contributed by atoms with Crippen molar-refractivity contribution >= 4 is 5.91 Å². The number of hydrogen-bond acceptors (Lipinski definition) is 5. The average molecular weight is 368 g/mol. The maximum absolute atomic E-state index is 12.9. The third-order valence-corrected chi connectivity index (χ3v) is 6.01. The molecule has 3 N–H and O–H groups in total. The predicted octanol–water partition coefficient (Wildman–Crippen LogP) is 1.68. The van der Waals surface area contributed by atoms with Crippen molar-refractivity contribution in [1.82, 2.24) is 25.2 Å². The van der Waals surface area contributed by atoms with Crippen molar-refractivity contribution in [3.8, 4) is 0 Å². The second-order valence-corrected chi connectivity index (χ2v) is 8.04. The molecule has 0 unspecified atom stereocenters. The molecule has 0 saturated heterocycles. The molecule has 0 aliphatic heterocycles. The number of carbonyl (C=O) groups is 1. The van der Waals surface area contributed by atoms with Crippen LogP contribution in [0.2, 0.25) is 0 Å². The molecule has 0 spiro atoms. The second-order valence-electron chi connectivity index (χ2n) is 8.04. The number of nitrogens with two attached hydrogens (primary N) is 1. The molecule has 2 atom stereocenters. The van der Waals surface area contributed by atoms with E-state index in [9.17, 15) is 4.79 Å². The number of aromatic nitrogens is 3. The lowest BCUT2D eigenvalue weighted by Crippen LogP contribution is -2.41. The van der Waals surface area contributed by atoms with Crippen molar-refractivity contribution < 1.29 is 4.79 Å². The molecule has 2 aliphatic carbocycles. The Labute approximate surface area is 159 Å². The summed E-state index contributed by atoms with van der Waals surface area (Å²) in [7, 11) is 4.11. The van der Waals surface area contributed by atoms with Crippen LogP contribution < -0.4 is 11.1 Å². The van der Waals surface area contributed by atoms with Gasteiger partial charge in [0.05, 0.1) is 18.3 Å². The van der Waals surface area contributed by atoms with Gasteiger partial charge in [0.15, 0.2) is 5.69 Å². The Hall–Kier alpha value is -2.25. The van der Waals surface area contributed by atoms with Gasteiger partial charge in [-0.05, 0) is 57.3 Å². The van der Waals surface area contributed by atoms with Crippen LogP contribution in [0.15, 0.2) is 30.5 Å². The minimum absolute atomic E-state index is 0.0403. The van der Waals surface area contributed by atoms with E-state index >= 15 is 0 Å². The number of likely N-dealkylation sites (N-methyl/N-ethyl adjacent to an activating group) is 1. The molecule has 2 aromatic rings. The summed E-state index contributed by atoms with van der Waals surface area (Å²) in [6.07, 6.45) is 6.69. The smallest absolute Gasteiger partial charge is 0.274 e. The van der Waals surface area contributed by atoms with Gasteiger partial charge in [-0.1, -0.05) is 29.5 Å². The molecular weight excluding hydrogens is 340 g/mol. The molecule has 0 bridgehead atoms. The van der Waals surface area contributed by atoms with E-state index in [4.69, 9.17) is 5.73 Å². The number of benzene rings is 1. The van der Waals surface area contributed by atoms with Gasteiger partial charge in [0, 0.05) is 12.1 Å². The maximum Gasteiger partial charge on any atom is 0.274 e. The molecule has 1 amide bonds. The van der Waals surface area contributed by atoms with Crippen LogP contribution in [0.25, 0.3) is 0 Å². The summed E-state index contributed by atoms with van der Waals surface area (Å²) in [6, 6.07) is 9.10. The number of hydrogen-bond donors (Lipinski definition) is 2. The lowest BCUT2D eigenvalue weighted by molar-refractivity contribution is 0.0909. The molecule has 1 aromatic heterocycles. The van der Waals surface area contributed by atoms with Crippen molar-refractivity contribution in [3.63, 3.8) is 0 Å². The van der Waals surface area contributed by atoms with Crippen LogP contribution in [0.3, 0.4) is 0 Å². The van der Waals surface area contributed by atoms with Crippen molar-refractivity contribution in [2.24, 2.45) is 5.73 Å². The molecule has 1 heterocycles. The minimum atomic E-state index is -0.165. The van der Waals surface area contributed by atoms with E-state index < -0.39 is 0 Å². The Morgan fingerprint density at radius 2 is 1.96 bits per heavy atom. The van der Waals surface area contributed by atoms with E-state index in [2.05, 4.69) is 52.8 Å². The molecule has 0 radical (unpaired) electrons. The Kier molecular flexibility index (Phi) is 4.97. The predicted molar refractivity (Wildman–Crippen MR) is 103 cm³/mol. The molecule has 4 rings (SSSR count). The third kappa shape index (κ3) is 3.61. The number of fused-ring (bicyclic) bond motifs is 1. The van der Waals surface area contributed by atoms with E-state index in [1.54, 1.807) is 6.20 Å². The van der Waals surface area contributed by atoms with Gasteiger partial charge < -0.3 is 16.0 Å². The van der Waals surface area contributed by atoms with E-state index in [0.29, 0.717) is 11.7 Å². The van der Waals surface area contributed by atoms with Crippen molar-refractivity contribution in [1.29, 1.82) is 0 Å². The molecule has 1 saturated carbocycles. The first-order valence-corrected chi connectivity index (χ1v) is 9.75. The van der Waals surface area contributed by atoms with E-state index in [-0.39, 0.29) is 24.0 Å². The van der Waals surface area contributed by atoms with Gasteiger partial charge in [0.1, 0.15) is 0 Å². The molecule has 27 heavy (non-hydrogen) atoms. The summed E-state index contributed by atoms with van der Waals surface area (Å²) in [4.78, 5) is 15.0. The summed E-state index contributed by atoms with van der Waals surface area (Å²) >= 11 is 0. The summed E-state index contributed by atoms with van der Waals surface area (Å²) < 4.78 is 1.84. The zero-order chi connectivity index (χ0) is 19.0. The lowest BCUT2D eigenvalue weighted by atomic mass is 9.92. The first kappa shape index (κ1) is 18.1. The van der Waals surface area contributed by atoms with Crippen LogP contribution in [-0.4, -0.2) is 52.0 Å². The summed E-state index contributed by atoms with van der Waals surface area (Å²) in [6.45, 7) is 0. The molecule has 7 heteroatoms. The Bertz CT molecular complexity index is 808. The van der Waals surface area contributed by atoms with Crippen LogP contribution in [0.1, 0.15) is 59.4 Å². The zero-order valence-electron chi connectivity index (χ0n) is 16.0. The highest BCUT2D eigenvalue weighted by atomic mass is 16.2. The highest BCUT2D eigenvalue weighted by molar-refractivity contribution is 5.92. The number of amides is 1. The van der Waals surface area contributed by atoms with Gasteiger partial charge in [-0.3, -0.25) is 4.79 Å². The molecule has 7 nitrogen and oxygen atoms in total. The van der Waals surface area contributed by atoms with Crippen LogP contribution in [0.5, 0.6) is 0 Å². The normalized spacial score (nSPS) is 27.6. The fourth-order valence-corrected chi connectivity index (χ4v) is 4.37. The Balaban J connectivity index is 1.49. The van der Waals surface area contributed by atoms with E-state index in [0.717, 1.165) is 32.1 Å². The monoisotopic (exact) mass is 368 g/mol. The first-order valence-electron chi connectivity index (χ1n) is 9.75. The number of nitrogens with one attached hydrogen (secondary N) is 1. The van der Waals surface area contributed by atoms with Crippen LogP contribution in [0.4, 0.5) is 0 Å². The number of nitrogens with zero attached hydrogens (tertiary/aromatic N) is 4. The molecular formula is C20H28N6O. The summed E-state index contributed by atoms with van der Waals surface area (Å²) in [5.41, 5.74) is 8.85. The third-order valence-electron chi connectivity index (χ3n) is 6.01. The van der Waals surface area contributed by atoms with Gasteiger partial charge in [-0.15, -0.1) is 5.10 Å². The average Bonchev–Trinajstić information content (AvgIpc) is 3.28. The minimum Gasteiger partial charge on any atom is -0.342 e.